The van der Waals surface area contributed by atoms with Crippen molar-refractivity contribution >= 4 is 15.9 Å². The van der Waals surface area contributed by atoms with Gasteiger partial charge in [-0.2, -0.15) is 0 Å². The van der Waals surface area contributed by atoms with Crippen molar-refractivity contribution in [3.8, 4) is 0 Å². The summed E-state index contributed by atoms with van der Waals surface area (Å²) in [5.41, 5.74) is 1.39. The molecule has 1 rings (SSSR count). The predicted octanol–water partition coefficient (Wildman–Crippen LogP) is 3.96. The van der Waals surface area contributed by atoms with Gasteiger partial charge in [-0.3, -0.25) is 0 Å². The van der Waals surface area contributed by atoms with Crippen LogP contribution in [0, 0.1) is 0 Å². The fraction of sp³-hybridized carbons (Fsp3) is 0.600. The molecule has 18 heavy (non-hydrogen) atoms. The summed E-state index contributed by atoms with van der Waals surface area (Å²) in [7, 11) is 1.76. The average molecular weight is 314 g/mol. The minimum Gasteiger partial charge on any atom is -0.385 e. The lowest BCUT2D eigenvalue weighted by Gasteiger charge is -2.21. The molecule has 3 heteroatoms. The molecule has 0 amide bonds. The maximum Gasteiger partial charge on any atom is 0.0462 e. The zero-order chi connectivity index (χ0) is 13.4. The number of benzene rings is 1. The Morgan fingerprint density at radius 1 is 1.28 bits per heavy atom. The van der Waals surface area contributed by atoms with E-state index in [2.05, 4.69) is 59.4 Å². The van der Waals surface area contributed by atoms with E-state index in [0.717, 1.165) is 26.0 Å². The van der Waals surface area contributed by atoms with E-state index in [0.29, 0.717) is 12.0 Å². The van der Waals surface area contributed by atoms with Gasteiger partial charge in [0, 0.05) is 30.8 Å². The number of nitrogens with one attached hydrogen (secondary N) is 1. The molecule has 1 atom stereocenters. The van der Waals surface area contributed by atoms with E-state index in [4.69, 9.17) is 4.74 Å². The first-order valence-corrected chi connectivity index (χ1v) is 7.41. The Bertz CT molecular complexity index is 341. The summed E-state index contributed by atoms with van der Waals surface area (Å²) in [4.78, 5) is 0. The smallest absolute Gasteiger partial charge is 0.0462 e. The van der Waals surface area contributed by atoms with E-state index in [1.165, 1.54) is 10.0 Å². The van der Waals surface area contributed by atoms with Crippen molar-refractivity contribution in [2.75, 3.05) is 20.3 Å². The van der Waals surface area contributed by atoms with Gasteiger partial charge in [0.25, 0.3) is 0 Å². The third kappa shape index (κ3) is 5.51. The summed E-state index contributed by atoms with van der Waals surface area (Å²) in [6.07, 6.45) is 2.25. The second-order valence-corrected chi connectivity index (χ2v) is 5.77. The van der Waals surface area contributed by atoms with E-state index >= 15 is 0 Å². The highest BCUT2D eigenvalue weighted by Gasteiger charge is 2.14. The summed E-state index contributed by atoms with van der Waals surface area (Å²) < 4.78 is 6.36. The normalized spacial score (nSPS) is 12.9. The molecule has 2 nitrogen and oxygen atoms in total. The molecule has 1 aromatic rings. The van der Waals surface area contributed by atoms with Crippen LogP contribution in [0.2, 0.25) is 0 Å². The maximum atomic E-state index is 5.15. The van der Waals surface area contributed by atoms with Crippen LogP contribution in [0.15, 0.2) is 28.7 Å². The van der Waals surface area contributed by atoms with Gasteiger partial charge in [-0.15, -0.1) is 0 Å². The monoisotopic (exact) mass is 313 g/mol. The molecule has 0 aliphatic carbocycles. The van der Waals surface area contributed by atoms with Crippen LogP contribution in [0.4, 0.5) is 0 Å². The van der Waals surface area contributed by atoms with Crippen molar-refractivity contribution in [1.82, 2.24) is 5.32 Å². The number of methoxy groups -OCH3 is 1. The van der Waals surface area contributed by atoms with Gasteiger partial charge in [0.2, 0.25) is 0 Å². The molecule has 0 fully saturated rings. The highest BCUT2D eigenvalue weighted by atomic mass is 79.9. The van der Waals surface area contributed by atoms with Crippen LogP contribution >= 0.6 is 15.9 Å². The van der Waals surface area contributed by atoms with E-state index in [9.17, 15) is 0 Å². The molecule has 0 spiro atoms. The van der Waals surface area contributed by atoms with E-state index < -0.39 is 0 Å². The molecule has 1 aromatic carbocycles. The number of rotatable bonds is 8. The Labute approximate surface area is 119 Å². The number of ether oxygens (including phenoxy) is 1. The van der Waals surface area contributed by atoms with Crippen LogP contribution in [0.5, 0.6) is 0 Å². The van der Waals surface area contributed by atoms with Gasteiger partial charge >= 0.3 is 0 Å². The van der Waals surface area contributed by atoms with Crippen LogP contribution in [0.1, 0.15) is 38.2 Å². The van der Waals surface area contributed by atoms with Gasteiger partial charge in [-0.25, -0.2) is 0 Å². The highest BCUT2D eigenvalue weighted by molar-refractivity contribution is 9.10. The second kappa shape index (κ2) is 8.68. The van der Waals surface area contributed by atoms with E-state index in [1.807, 2.05) is 0 Å². The third-order valence-electron chi connectivity index (χ3n) is 3.02. The van der Waals surface area contributed by atoms with E-state index in [-0.39, 0.29) is 0 Å². The van der Waals surface area contributed by atoms with Gasteiger partial charge in [0.15, 0.2) is 0 Å². The minimum absolute atomic E-state index is 0.525. The summed E-state index contributed by atoms with van der Waals surface area (Å²) in [5.74, 6) is 0.540. The molecule has 0 heterocycles. The Balaban J connectivity index is 2.66. The molecule has 102 valence electrons. The van der Waals surface area contributed by atoms with Gasteiger partial charge < -0.3 is 10.1 Å². The topological polar surface area (TPSA) is 21.3 Å². The Morgan fingerprint density at radius 2 is 2.00 bits per heavy atom. The maximum absolute atomic E-state index is 5.15. The number of halogens is 1. The van der Waals surface area contributed by atoms with Gasteiger partial charge in [0.1, 0.15) is 0 Å². The Hall–Kier alpha value is -0.380. The van der Waals surface area contributed by atoms with Crippen molar-refractivity contribution in [1.29, 1.82) is 0 Å². The first kappa shape index (κ1) is 15.7. The zero-order valence-electron chi connectivity index (χ0n) is 11.6. The molecule has 0 radical (unpaired) electrons. The first-order chi connectivity index (χ1) is 8.65. The van der Waals surface area contributed by atoms with Crippen LogP contribution in [0.3, 0.4) is 0 Å². The van der Waals surface area contributed by atoms with E-state index in [1.54, 1.807) is 7.11 Å². The molecular formula is C15H24BrNO. The van der Waals surface area contributed by atoms with Gasteiger partial charge in [-0.05, 0) is 30.4 Å². The Kier molecular flexibility index (Phi) is 7.56. The summed E-state index contributed by atoms with van der Waals surface area (Å²) in [6, 6.07) is 9.03. The molecular weight excluding hydrogens is 290 g/mol. The quantitative estimate of drug-likeness (QED) is 0.734. The fourth-order valence-electron chi connectivity index (χ4n) is 2.03. The Morgan fingerprint density at radius 3 is 2.61 bits per heavy atom. The molecule has 0 aromatic heterocycles. The zero-order valence-corrected chi connectivity index (χ0v) is 13.2. The molecule has 0 bridgehead atoms. The average Bonchev–Trinajstić information content (AvgIpc) is 2.34. The molecule has 1 N–H and O–H groups in total. The lowest BCUT2D eigenvalue weighted by Crippen LogP contribution is -2.28. The highest BCUT2D eigenvalue weighted by Crippen LogP contribution is 2.28. The SMILES string of the molecule is COCCCC(CNC(C)C)c1ccccc1Br. The summed E-state index contributed by atoms with van der Waals surface area (Å²) >= 11 is 3.65. The molecule has 0 aliphatic rings. The van der Waals surface area contributed by atoms with Crippen molar-refractivity contribution in [3.63, 3.8) is 0 Å². The second-order valence-electron chi connectivity index (χ2n) is 4.92. The van der Waals surface area contributed by atoms with Crippen LogP contribution in [-0.4, -0.2) is 26.3 Å². The van der Waals surface area contributed by atoms with Crippen LogP contribution in [0.25, 0.3) is 0 Å². The molecule has 1 unspecified atom stereocenters. The summed E-state index contributed by atoms with van der Waals surface area (Å²) in [6.45, 7) is 6.23. The minimum atomic E-state index is 0.525. The summed E-state index contributed by atoms with van der Waals surface area (Å²) in [5, 5.41) is 3.54. The van der Waals surface area contributed by atoms with Crippen molar-refractivity contribution in [2.24, 2.45) is 0 Å². The molecule has 0 saturated carbocycles. The fourth-order valence-corrected chi connectivity index (χ4v) is 2.63. The number of hydrogen-bond acceptors (Lipinski definition) is 2. The van der Waals surface area contributed by atoms with Gasteiger partial charge in [0.05, 0.1) is 0 Å². The molecule has 0 aliphatic heterocycles. The van der Waals surface area contributed by atoms with Crippen molar-refractivity contribution in [2.45, 2.75) is 38.6 Å². The number of hydrogen-bond donors (Lipinski definition) is 1. The van der Waals surface area contributed by atoms with Crippen LogP contribution in [-0.2, 0) is 4.74 Å². The van der Waals surface area contributed by atoms with Gasteiger partial charge in [-0.1, -0.05) is 48.0 Å². The van der Waals surface area contributed by atoms with Crippen LogP contribution < -0.4 is 5.32 Å². The first-order valence-electron chi connectivity index (χ1n) is 6.62. The van der Waals surface area contributed by atoms with Crippen molar-refractivity contribution in [3.05, 3.63) is 34.3 Å². The predicted molar refractivity (Wildman–Crippen MR) is 81.1 cm³/mol. The lowest BCUT2D eigenvalue weighted by atomic mass is 9.94. The standard InChI is InChI=1S/C15H24BrNO/c1-12(2)17-11-13(7-6-10-18-3)14-8-4-5-9-15(14)16/h4-5,8-9,12-13,17H,6-7,10-11H2,1-3H3. The third-order valence-corrected chi connectivity index (χ3v) is 3.74. The lowest BCUT2D eigenvalue weighted by molar-refractivity contribution is 0.190. The molecule has 0 saturated heterocycles. The van der Waals surface area contributed by atoms with Crippen molar-refractivity contribution < 1.29 is 4.74 Å². The largest absolute Gasteiger partial charge is 0.385 e.